The third-order valence-corrected chi connectivity index (χ3v) is 5.82. The lowest BCUT2D eigenvalue weighted by atomic mass is 10.0. The molecule has 158 valence electrons. The van der Waals surface area contributed by atoms with Gasteiger partial charge in [0.05, 0.1) is 5.52 Å². The highest BCUT2D eigenvalue weighted by atomic mass is 19.1. The van der Waals surface area contributed by atoms with Crippen molar-refractivity contribution in [1.29, 1.82) is 0 Å². The van der Waals surface area contributed by atoms with Gasteiger partial charge in [-0.05, 0) is 67.4 Å². The monoisotopic (exact) mass is 415 g/mol. The Morgan fingerprint density at radius 1 is 0.935 bits per heavy atom. The van der Waals surface area contributed by atoms with E-state index in [2.05, 4.69) is 47.4 Å². The van der Waals surface area contributed by atoms with Crippen LogP contribution >= 0.6 is 0 Å². The average molecular weight is 416 g/mol. The molecule has 31 heavy (non-hydrogen) atoms. The number of benzene rings is 1. The van der Waals surface area contributed by atoms with Gasteiger partial charge in [0, 0.05) is 61.4 Å². The van der Waals surface area contributed by atoms with E-state index in [9.17, 15) is 4.39 Å². The Bertz CT molecular complexity index is 1180. The van der Waals surface area contributed by atoms with Gasteiger partial charge in [0.15, 0.2) is 0 Å². The standard InChI is InChI=1S/C25H26FN5/c1-17-13-30(14-18(2)28-17)15-19-3-8-23-24(20-9-11-27-12-10-20)25(29-31(23)16-19)21-4-6-22(26)7-5-21/h3-12,16-18,28H,13-15H2,1-2H3/t17-,18-/m0/s1. The maximum absolute atomic E-state index is 13.5. The Labute approximate surface area is 181 Å². The van der Waals surface area contributed by atoms with Crippen LogP contribution < -0.4 is 5.32 Å². The first-order chi connectivity index (χ1) is 15.1. The van der Waals surface area contributed by atoms with E-state index in [4.69, 9.17) is 5.10 Å². The predicted octanol–water partition coefficient (Wildman–Crippen LogP) is 4.38. The molecule has 1 aliphatic rings. The van der Waals surface area contributed by atoms with E-state index >= 15 is 0 Å². The van der Waals surface area contributed by atoms with Crippen LogP contribution in [0.1, 0.15) is 19.4 Å². The van der Waals surface area contributed by atoms with Crippen molar-refractivity contribution in [2.45, 2.75) is 32.5 Å². The first-order valence-electron chi connectivity index (χ1n) is 10.7. The summed E-state index contributed by atoms with van der Waals surface area (Å²) in [4.78, 5) is 6.64. The second kappa shape index (κ2) is 8.21. The molecule has 0 unspecified atom stereocenters. The van der Waals surface area contributed by atoms with E-state index in [1.807, 2.05) is 16.6 Å². The van der Waals surface area contributed by atoms with Gasteiger partial charge in [-0.15, -0.1) is 0 Å². The summed E-state index contributed by atoms with van der Waals surface area (Å²) < 4.78 is 15.5. The third-order valence-electron chi connectivity index (χ3n) is 5.82. The summed E-state index contributed by atoms with van der Waals surface area (Å²) in [6.45, 7) is 7.42. The van der Waals surface area contributed by atoms with Crippen molar-refractivity contribution >= 4 is 5.52 Å². The highest BCUT2D eigenvalue weighted by Crippen LogP contribution is 2.35. The van der Waals surface area contributed by atoms with Crippen molar-refractivity contribution in [3.05, 3.63) is 78.5 Å². The Hall–Kier alpha value is -3.09. The number of aromatic nitrogens is 3. The molecule has 4 heterocycles. The number of nitrogens with one attached hydrogen (secondary N) is 1. The molecule has 2 atom stereocenters. The molecular formula is C25H26FN5. The fourth-order valence-electron chi connectivity index (χ4n) is 4.63. The largest absolute Gasteiger partial charge is 0.309 e. The number of pyridine rings is 2. The number of halogens is 1. The van der Waals surface area contributed by atoms with E-state index in [0.717, 1.165) is 47.5 Å². The highest BCUT2D eigenvalue weighted by molar-refractivity contribution is 5.92. The van der Waals surface area contributed by atoms with Gasteiger partial charge < -0.3 is 5.32 Å². The van der Waals surface area contributed by atoms with Gasteiger partial charge in [0.25, 0.3) is 0 Å². The fourth-order valence-corrected chi connectivity index (χ4v) is 4.63. The van der Waals surface area contributed by atoms with E-state index in [1.165, 1.54) is 17.7 Å². The van der Waals surface area contributed by atoms with Crippen LogP contribution in [0.3, 0.4) is 0 Å². The predicted molar refractivity (Wildman–Crippen MR) is 121 cm³/mol. The van der Waals surface area contributed by atoms with Crippen LogP contribution in [0.15, 0.2) is 67.1 Å². The van der Waals surface area contributed by atoms with Crippen LogP contribution in [0.2, 0.25) is 0 Å². The Morgan fingerprint density at radius 3 is 2.35 bits per heavy atom. The van der Waals surface area contributed by atoms with Crippen LogP contribution in [0.5, 0.6) is 0 Å². The Kier molecular flexibility index (Phi) is 5.26. The highest BCUT2D eigenvalue weighted by Gasteiger charge is 2.22. The molecule has 6 heteroatoms. The van der Waals surface area contributed by atoms with Crippen molar-refractivity contribution < 1.29 is 4.39 Å². The van der Waals surface area contributed by atoms with Crippen LogP contribution in [0.4, 0.5) is 4.39 Å². The van der Waals surface area contributed by atoms with Gasteiger partial charge in [-0.2, -0.15) is 5.10 Å². The van der Waals surface area contributed by atoms with Crippen molar-refractivity contribution in [2.75, 3.05) is 13.1 Å². The third kappa shape index (κ3) is 4.09. The van der Waals surface area contributed by atoms with Gasteiger partial charge >= 0.3 is 0 Å². The zero-order valence-electron chi connectivity index (χ0n) is 17.8. The van der Waals surface area contributed by atoms with E-state index in [-0.39, 0.29) is 5.82 Å². The van der Waals surface area contributed by atoms with Crippen LogP contribution in [-0.4, -0.2) is 44.7 Å². The second-order valence-corrected chi connectivity index (χ2v) is 8.50. The topological polar surface area (TPSA) is 45.5 Å². The number of nitrogens with zero attached hydrogens (tertiary/aromatic N) is 4. The summed E-state index contributed by atoms with van der Waals surface area (Å²) in [6, 6.07) is 15.8. The average Bonchev–Trinajstić information content (AvgIpc) is 3.13. The minimum Gasteiger partial charge on any atom is -0.309 e. The molecule has 1 N–H and O–H groups in total. The van der Waals surface area contributed by atoms with Gasteiger partial charge in [-0.25, -0.2) is 8.91 Å². The van der Waals surface area contributed by atoms with Crippen molar-refractivity contribution in [3.8, 4) is 22.4 Å². The van der Waals surface area contributed by atoms with Crippen molar-refractivity contribution in [2.24, 2.45) is 0 Å². The van der Waals surface area contributed by atoms with Gasteiger partial charge in [-0.3, -0.25) is 9.88 Å². The number of hydrogen-bond donors (Lipinski definition) is 1. The lowest BCUT2D eigenvalue weighted by Crippen LogP contribution is -2.53. The molecular weight excluding hydrogens is 389 g/mol. The molecule has 0 spiro atoms. The quantitative estimate of drug-likeness (QED) is 0.537. The minimum atomic E-state index is -0.250. The van der Waals surface area contributed by atoms with E-state index in [0.29, 0.717) is 12.1 Å². The molecule has 3 aromatic heterocycles. The lowest BCUT2D eigenvalue weighted by Gasteiger charge is -2.36. The molecule has 0 aliphatic carbocycles. The normalized spacial score (nSPS) is 19.7. The SMILES string of the molecule is C[C@H]1CN(Cc2ccc3c(-c4ccncc4)c(-c4ccc(F)cc4)nn3c2)C[C@H](C)N1. The van der Waals surface area contributed by atoms with Crippen molar-refractivity contribution in [1.82, 2.24) is 24.8 Å². The van der Waals surface area contributed by atoms with E-state index in [1.54, 1.807) is 24.5 Å². The minimum absolute atomic E-state index is 0.250. The molecule has 4 aromatic rings. The summed E-state index contributed by atoms with van der Waals surface area (Å²) in [5.74, 6) is -0.250. The first-order valence-corrected chi connectivity index (χ1v) is 10.7. The molecule has 5 rings (SSSR count). The fraction of sp³-hybridized carbons (Fsp3) is 0.280. The zero-order valence-corrected chi connectivity index (χ0v) is 17.8. The van der Waals surface area contributed by atoms with E-state index < -0.39 is 0 Å². The molecule has 1 aromatic carbocycles. The molecule has 0 saturated carbocycles. The summed E-state index contributed by atoms with van der Waals surface area (Å²) in [7, 11) is 0. The smallest absolute Gasteiger partial charge is 0.123 e. The molecule has 1 aliphatic heterocycles. The van der Waals surface area contributed by atoms with Crippen LogP contribution in [-0.2, 0) is 6.54 Å². The van der Waals surface area contributed by atoms with Gasteiger partial charge in [0.1, 0.15) is 11.5 Å². The number of hydrogen-bond acceptors (Lipinski definition) is 4. The maximum atomic E-state index is 13.5. The Balaban J connectivity index is 1.57. The van der Waals surface area contributed by atoms with Crippen LogP contribution in [0, 0.1) is 5.82 Å². The molecule has 1 saturated heterocycles. The van der Waals surface area contributed by atoms with Gasteiger partial charge in [-0.1, -0.05) is 6.07 Å². The number of fused-ring (bicyclic) bond motifs is 1. The lowest BCUT2D eigenvalue weighted by molar-refractivity contribution is 0.166. The summed E-state index contributed by atoms with van der Waals surface area (Å²) >= 11 is 0. The second-order valence-electron chi connectivity index (χ2n) is 8.50. The first kappa shape index (κ1) is 19.8. The molecule has 1 fully saturated rings. The molecule has 0 radical (unpaired) electrons. The van der Waals surface area contributed by atoms with Gasteiger partial charge in [0.2, 0.25) is 0 Å². The molecule has 0 amide bonds. The van der Waals surface area contributed by atoms with Crippen LogP contribution in [0.25, 0.3) is 27.9 Å². The summed E-state index contributed by atoms with van der Waals surface area (Å²) in [6.07, 6.45) is 5.69. The zero-order chi connectivity index (χ0) is 21.4. The van der Waals surface area contributed by atoms with Crippen molar-refractivity contribution in [3.63, 3.8) is 0 Å². The molecule has 5 nitrogen and oxygen atoms in total. The maximum Gasteiger partial charge on any atom is 0.123 e. The number of piperazine rings is 1. The summed E-state index contributed by atoms with van der Waals surface area (Å²) in [5.41, 5.74) is 6.06. The molecule has 0 bridgehead atoms. The number of rotatable bonds is 4. The Morgan fingerprint density at radius 2 is 1.65 bits per heavy atom. The summed E-state index contributed by atoms with van der Waals surface area (Å²) in [5, 5.41) is 8.50.